The number of rotatable bonds is 5. The minimum Gasteiger partial charge on any atom is -0.478 e. The molecule has 0 aliphatic carbocycles. The van der Waals surface area contributed by atoms with Crippen LogP contribution in [-0.4, -0.2) is 27.1 Å². The zero-order valence-electron chi connectivity index (χ0n) is 15.4. The van der Waals surface area contributed by atoms with Crippen LogP contribution in [0, 0.1) is 5.82 Å². The lowest BCUT2D eigenvalue weighted by Gasteiger charge is -2.08. The smallest absolute Gasteiger partial charge is 0.336 e. The number of carbonyl (C=O) groups excluding carboxylic acids is 1. The van der Waals surface area contributed by atoms with Gasteiger partial charge in [0.05, 0.1) is 11.1 Å². The summed E-state index contributed by atoms with van der Waals surface area (Å²) >= 11 is 0. The van der Waals surface area contributed by atoms with Crippen LogP contribution < -0.4 is 5.32 Å². The Morgan fingerprint density at radius 2 is 1.63 bits per heavy atom. The Bertz CT molecular complexity index is 1250. The highest BCUT2D eigenvalue weighted by atomic mass is 19.1. The fourth-order valence-corrected chi connectivity index (χ4v) is 2.88. The van der Waals surface area contributed by atoms with Crippen molar-refractivity contribution in [3.63, 3.8) is 0 Å². The molecular formula is C22H14FN3O4. The first kappa shape index (κ1) is 19.0. The van der Waals surface area contributed by atoms with E-state index in [2.05, 4.69) is 15.5 Å². The van der Waals surface area contributed by atoms with Crippen LogP contribution in [-0.2, 0) is 0 Å². The molecule has 3 aromatic carbocycles. The van der Waals surface area contributed by atoms with Crippen molar-refractivity contribution in [2.45, 2.75) is 0 Å². The molecule has 4 aromatic rings. The summed E-state index contributed by atoms with van der Waals surface area (Å²) in [6, 6.07) is 18.4. The summed E-state index contributed by atoms with van der Waals surface area (Å²) in [5.74, 6) is -1.74. The minimum absolute atomic E-state index is 0.0448. The number of nitrogens with one attached hydrogen (secondary N) is 1. The minimum atomic E-state index is -1.19. The van der Waals surface area contributed by atoms with Gasteiger partial charge in [0.2, 0.25) is 5.82 Å². The summed E-state index contributed by atoms with van der Waals surface area (Å²) < 4.78 is 18.6. The van der Waals surface area contributed by atoms with Gasteiger partial charge < -0.3 is 14.9 Å². The standard InChI is InChI=1S/C22H14FN3O4/c23-15-7-3-6-14(11-15)21-25-19(26-30-21)13-5-4-8-16(12-13)24-20(27)17-9-1-2-10-18(17)22(28)29/h1-12H,(H,24,27)(H,28,29). The number of aromatic nitrogens is 2. The number of carbonyl (C=O) groups is 2. The van der Waals surface area contributed by atoms with Gasteiger partial charge in [-0.2, -0.15) is 4.98 Å². The van der Waals surface area contributed by atoms with Gasteiger partial charge in [0.1, 0.15) is 5.82 Å². The van der Waals surface area contributed by atoms with Crippen LogP contribution in [0.3, 0.4) is 0 Å². The third-order valence-corrected chi connectivity index (χ3v) is 4.28. The molecule has 0 radical (unpaired) electrons. The Balaban J connectivity index is 1.58. The van der Waals surface area contributed by atoms with E-state index in [1.54, 1.807) is 48.5 Å². The maximum atomic E-state index is 13.4. The summed E-state index contributed by atoms with van der Waals surface area (Å²) in [6.07, 6.45) is 0. The Kier molecular flexibility index (Phi) is 5.04. The van der Waals surface area contributed by atoms with Crippen molar-refractivity contribution in [2.75, 3.05) is 5.32 Å². The first-order valence-electron chi connectivity index (χ1n) is 8.85. The molecule has 4 rings (SSSR count). The molecule has 8 heteroatoms. The van der Waals surface area contributed by atoms with Gasteiger partial charge in [0.15, 0.2) is 0 Å². The Morgan fingerprint density at radius 1 is 0.900 bits per heavy atom. The van der Waals surface area contributed by atoms with Gasteiger partial charge in [-0.3, -0.25) is 4.79 Å². The van der Waals surface area contributed by atoms with E-state index < -0.39 is 17.7 Å². The molecule has 2 N–H and O–H groups in total. The van der Waals surface area contributed by atoms with Gasteiger partial charge in [-0.15, -0.1) is 0 Å². The monoisotopic (exact) mass is 403 g/mol. The zero-order chi connectivity index (χ0) is 21.1. The molecule has 0 saturated heterocycles. The van der Waals surface area contributed by atoms with Gasteiger partial charge >= 0.3 is 5.97 Å². The Hall–Kier alpha value is -4.33. The number of carboxylic acid groups (broad SMARTS) is 1. The van der Waals surface area contributed by atoms with Crippen molar-refractivity contribution in [1.82, 2.24) is 10.1 Å². The topological polar surface area (TPSA) is 105 Å². The quantitative estimate of drug-likeness (QED) is 0.509. The average molecular weight is 403 g/mol. The van der Waals surface area contributed by atoms with Crippen molar-refractivity contribution >= 4 is 17.6 Å². The first-order chi connectivity index (χ1) is 14.5. The summed E-state index contributed by atoms with van der Waals surface area (Å²) in [5, 5.41) is 15.8. The zero-order valence-corrected chi connectivity index (χ0v) is 15.4. The Labute approximate surface area is 169 Å². The largest absolute Gasteiger partial charge is 0.478 e. The molecule has 148 valence electrons. The van der Waals surface area contributed by atoms with E-state index in [9.17, 15) is 19.1 Å². The maximum absolute atomic E-state index is 13.4. The average Bonchev–Trinajstić information content (AvgIpc) is 3.24. The van der Waals surface area contributed by atoms with Gasteiger partial charge in [-0.1, -0.05) is 35.5 Å². The highest BCUT2D eigenvalue weighted by molar-refractivity contribution is 6.10. The van der Waals surface area contributed by atoms with Gasteiger partial charge in [0, 0.05) is 16.8 Å². The lowest BCUT2D eigenvalue weighted by atomic mass is 10.1. The summed E-state index contributed by atoms with van der Waals surface area (Å²) in [5.41, 5.74) is 1.39. The second-order valence-corrected chi connectivity index (χ2v) is 6.32. The normalized spacial score (nSPS) is 10.6. The van der Waals surface area contributed by atoms with E-state index in [0.717, 1.165) is 0 Å². The third-order valence-electron chi connectivity index (χ3n) is 4.28. The summed E-state index contributed by atoms with van der Waals surface area (Å²) in [4.78, 5) is 28.1. The summed E-state index contributed by atoms with van der Waals surface area (Å²) in [6.45, 7) is 0. The molecule has 0 aliphatic rings. The fraction of sp³-hybridized carbons (Fsp3) is 0. The van der Waals surface area contributed by atoms with E-state index in [4.69, 9.17) is 4.52 Å². The fourth-order valence-electron chi connectivity index (χ4n) is 2.88. The van der Waals surface area contributed by atoms with Crippen LogP contribution >= 0.6 is 0 Å². The molecule has 0 atom stereocenters. The molecular weight excluding hydrogens is 389 g/mol. The Morgan fingerprint density at radius 3 is 2.40 bits per heavy atom. The van der Waals surface area contributed by atoms with Crippen molar-refractivity contribution in [3.8, 4) is 22.8 Å². The van der Waals surface area contributed by atoms with Gasteiger partial charge in [-0.25, -0.2) is 9.18 Å². The van der Waals surface area contributed by atoms with Gasteiger partial charge in [0.25, 0.3) is 11.8 Å². The lowest BCUT2D eigenvalue weighted by Crippen LogP contribution is -2.16. The van der Waals surface area contributed by atoms with Crippen LogP contribution in [0.1, 0.15) is 20.7 Å². The van der Waals surface area contributed by atoms with Crippen molar-refractivity contribution < 1.29 is 23.6 Å². The molecule has 1 aromatic heterocycles. The van der Waals surface area contributed by atoms with Gasteiger partial charge in [-0.05, 0) is 42.5 Å². The van der Waals surface area contributed by atoms with E-state index in [-0.39, 0.29) is 22.8 Å². The number of aromatic carboxylic acids is 1. The number of amides is 1. The number of carboxylic acids is 1. The van der Waals surface area contributed by atoms with Crippen molar-refractivity contribution in [1.29, 1.82) is 0 Å². The predicted molar refractivity (Wildman–Crippen MR) is 106 cm³/mol. The van der Waals surface area contributed by atoms with E-state index >= 15 is 0 Å². The van der Waals surface area contributed by atoms with Crippen LogP contribution in [0.4, 0.5) is 10.1 Å². The molecule has 0 fully saturated rings. The summed E-state index contributed by atoms with van der Waals surface area (Å²) in [7, 11) is 0. The number of anilines is 1. The van der Waals surface area contributed by atoms with E-state index in [1.807, 2.05) is 0 Å². The molecule has 7 nitrogen and oxygen atoms in total. The maximum Gasteiger partial charge on any atom is 0.336 e. The lowest BCUT2D eigenvalue weighted by molar-refractivity contribution is 0.0692. The molecule has 0 bridgehead atoms. The highest BCUT2D eigenvalue weighted by Crippen LogP contribution is 2.25. The van der Waals surface area contributed by atoms with Crippen molar-refractivity contribution in [3.05, 3.63) is 89.7 Å². The highest BCUT2D eigenvalue weighted by Gasteiger charge is 2.17. The third kappa shape index (κ3) is 3.93. The predicted octanol–water partition coefficient (Wildman–Crippen LogP) is 4.49. The molecule has 0 unspecified atom stereocenters. The number of benzene rings is 3. The molecule has 0 saturated carbocycles. The molecule has 30 heavy (non-hydrogen) atoms. The molecule has 0 aliphatic heterocycles. The van der Waals surface area contributed by atoms with Crippen LogP contribution in [0.25, 0.3) is 22.8 Å². The second-order valence-electron chi connectivity index (χ2n) is 6.32. The van der Waals surface area contributed by atoms with Crippen LogP contribution in [0.15, 0.2) is 77.3 Å². The number of hydrogen-bond acceptors (Lipinski definition) is 5. The molecule has 0 spiro atoms. The SMILES string of the molecule is O=C(O)c1ccccc1C(=O)Nc1cccc(-c2noc(-c3cccc(F)c3)n2)c1. The number of hydrogen-bond donors (Lipinski definition) is 2. The molecule has 1 amide bonds. The van der Waals surface area contributed by atoms with Crippen molar-refractivity contribution in [2.24, 2.45) is 0 Å². The van der Waals surface area contributed by atoms with Crippen LogP contribution in [0.5, 0.6) is 0 Å². The van der Waals surface area contributed by atoms with E-state index in [1.165, 1.54) is 24.3 Å². The second kappa shape index (κ2) is 7.96. The number of halogens is 1. The molecule has 1 heterocycles. The number of nitrogens with zero attached hydrogens (tertiary/aromatic N) is 2. The van der Waals surface area contributed by atoms with Crippen LogP contribution in [0.2, 0.25) is 0 Å². The first-order valence-corrected chi connectivity index (χ1v) is 8.85. The van der Waals surface area contributed by atoms with E-state index in [0.29, 0.717) is 16.8 Å².